The van der Waals surface area contributed by atoms with Gasteiger partial charge in [-0.05, 0) is 24.5 Å². The Labute approximate surface area is 144 Å². The van der Waals surface area contributed by atoms with Gasteiger partial charge in [-0.15, -0.1) is 11.3 Å². The molecule has 24 heavy (non-hydrogen) atoms. The van der Waals surface area contributed by atoms with Crippen LogP contribution in [0.2, 0.25) is 0 Å². The number of carbonyl (C=O) groups excluding carboxylic acids is 1. The van der Waals surface area contributed by atoms with Gasteiger partial charge in [-0.25, -0.2) is 4.79 Å². The van der Waals surface area contributed by atoms with Crippen molar-refractivity contribution in [3.05, 3.63) is 57.8 Å². The van der Waals surface area contributed by atoms with Crippen LogP contribution in [-0.2, 0) is 11.3 Å². The maximum absolute atomic E-state index is 12.6. The zero-order valence-electron chi connectivity index (χ0n) is 13.2. The summed E-state index contributed by atoms with van der Waals surface area (Å²) in [4.78, 5) is 25.6. The molecule has 1 amide bonds. The molecule has 1 aliphatic heterocycles. The van der Waals surface area contributed by atoms with E-state index < -0.39 is 5.97 Å². The number of likely N-dealkylation sites (tertiary alicyclic amines) is 1. The molecule has 1 N–H and O–H groups in total. The van der Waals surface area contributed by atoms with Crippen LogP contribution in [-0.4, -0.2) is 41.1 Å². The second-order valence-electron chi connectivity index (χ2n) is 5.80. The molecule has 1 atom stereocenters. The van der Waals surface area contributed by atoms with Crippen molar-refractivity contribution in [3.8, 4) is 0 Å². The van der Waals surface area contributed by atoms with E-state index in [9.17, 15) is 9.59 Å². The lowest BCUT2D eigenvalue weighted by molar-refractivity contribution is 0.0498. The molecule has 0 unspecified atom stereocenters. The van der Waals surface area contributed by atoms with Crippen LogP contribution in [0.25, 0.3) is 0 Å². The summed E-state index contributed by atoms with van der Waals surface area (Å²) in [5, 5.41) is 10.6. The maximum Gasteiger partial charge on any atom is 0.345 e. The van der Waals surface area contributed by atoms with Crippen molar-refractivity contribution in [2.24, 2.45) is 0 Å². The van der Waals surface area contributed by atoms with Crippen LogP contribution in [0.3, 0.4) is 0 Å². The molecule has 0 radical (unpaired) electrons. The number of nitrogens with zero attached hydrogens (tertiary/aromatic N) is 1. The van der Waals surface area contributed by atoms with Gasteiger partial charge in [0.15, 0.2) is 0 Å². The summed E-state index contributed by atoms with van der Waals surface area (Å²) in [6.45, 7) is 1.72. The molecule has 2 heterocycles. The summed E-state index contributed by atoms with van der Waals surface area (Å²) in [6.07, 6.45) is 1.86. The number of benzene rings is 1. The predicted molar refractivity (Wildman–Crippen MR) is 91.4 cm³/mol. The van der Waals surface area contributed by atoms with Gasteiger partial charge in [0.1, 0.15) is 4.88 Å². The van der Waals surface area contributed by atoms with Crippen molar-refractivity contribution in [3.63, 3.8) is 0 Å². The third-order valence-electron chi connectivity index (χ3n) is 4.12. The molecule has 5 nitrogen and oxygen atoms in total. The van der Waals surface area contributed by atoms with Crippen molar-refractivity contribution in [1.82, 2.24) is 4.90 Å². The highest BCUT2D eigenvalue weighted by Crippen LogP contribution is 2.23. The van der Waals surface area contributed by atoms with E-state index >= 15 is 0 Å². The zero-order valence-corrected chi connectivity index (χ0v) is 14.0. The normalized spacial score (nSPS) is 17.2. The van der Waals surface area contributed by atoms with E-state index in [-0.39, 0.29) is 16.8 Å². The summed E-state index contributed by atoms with van der Waals surface area (Å²) in [6, 6.07) is 11.4. The van der Waals surface area contributed by atoms with Gasteiger partial charge in [0, 0.05) is 11.9 Å². The Bertz CT molecular complexity index is 713. The standard InChI is InChI=1S/C18H19NO4S/c20-17(14-9-16(18(21)22)24-12-14)19-8-4-7-15(19)11-23-10-13-5-2-1-3-6-13/h1-3,5-6,9,12,15H,4,7-8,10-11H2,(H,21,22)/t15-/m1/s1. The van der Waals surface area contributed by atoms with E-state index in [4.69, 9.17) is 9.84 Å². The number of thiophene rings is 1. The van der Waals surface area contributed by atoms with E-state index in [0.717, 1.165) is 29.7 Å². The molecule has 0 spiro atoms. The Morgan fingerprint density at radius 3 is 2.79 bits per heavy atom. The van der Waals surface area contributed by atoms with Gasteiger partial charge in [-0.1, -0.05) is 30.3 Å². The van der Waals surface area contributed by atoms with Crippen LogP contribution < -0.4 is 0 Å². The first-order valence-electron chi connectivity index (χ1n) is 7.89. The summed E-state index contributed by atoms with van der Waals surface area (Å²) in [5.74, 6) is -1.10. The largest absolute Gasteiger partial charge is 0.477 e. The average molecular weight is 345 g/mol. The number of amides is 1. The van der Waals surface area contributed by atoms with Gasteiger partial charge in [0.25, 0.3) is 5.91 Å². The first-order valence-corrected chi connectivity index (χ1v) is 8.77. The molecule has 1 saturated heterocycles. The second-order valence-corrected chi connectivity index (χ2v) is 6.71. The summed E-state index contributed by atoms with van der Waals surface area (Å²) >= 11 is 1.08. The van der Waals surface area contributed by atoms with Crippen LogP contribution in [0.1, 0.15) is 38.4 Å². The Morgan fingerprint density at radius 2 is 2.08 bits per heavy atom. The van der Waals surface area contributed by atoms with Gasteiger partial charge >= 0.3 is 5.97 Å². The lowest BCUT2D eigenvalue weighted by Gasteiger charge is -2.24. The Kier molecular flexibility index (Phi) is 5.27. The number of hydrogen-bond acceptors (Lipinski definition) is 4. The molecule has 2 aromatic rings. The van der Waals surface area contributed by atoms with Crippen LogP contribution in [0.4, 0.5) is 0 Å². The van der Waals surface area contributed by atoms with E-state index in [0.29, 0.717) is 25.3 Å². The molecule has 3 rings (SSSR count). The highest BCUT2D eigenvalue weighted by atomic mass is 32.1. The summed E-state index contributed by atoms with van der Waals surface area (Å²) in [7, 11) is 0. The van der Waals surface area contributed by atoms with Crippen molar-refractivity contribution in [2.75, 3.05) is 13.2 Å². The first-order chi connectivity index (χ1) is 11.6. The minimum Gasteiger partial charge on any atom is -0.477 e. The molecule has 0 aliphatic carbocycles. The molecule has 126 valence electrons. The zero-order chi connectivity index (χ0) is 16.9. The fourth-order valence-corrected chi connectivity index (χ4v) is 3.61. The molecule has 6 heteroatoms. The predicted octanol–water partition coefficient (Wildman–Crippen LogP) is 3.27. The van der Waals surface area contributed by atoms with Gasteiger partial charge in [0.05, 0.1) is 24.8 Å². The lowest BCUT2D eigenvalue weighted by atomic mass is 10.2. The van der Waals surface area contributed by atoms with Gasteiger partial charge in [0.2, 0.25) is 0 Å². The summed E-state index contributed by atoms with van der Waals surface area (Å²) < 4.78 is 5.78. The van der Waals surface area contributed by atoms with Gasteiger partial charge in [-0.2, -0.15) is 0 Å². The van der Waals surface area contributed by atoms with Crippen LogP contribution >= 0.6 is 11.3 Å². The molecule has 0 bridgehead atoms. The van der Waals surface area contributed by atoms with E-state index in [1.807, 2.05) is 30.3 Å². The second kappa shape index (κ2) is 7.59. The molecular weight excluding hydrogens is 326 g/mol. The first kappa shape index (κ1) is 16.7. The van der Waals surface area contributed by atoms with Crippen molar-refractivity contribution < 1.29 is 19.4 Å². The van der Waals surface area contributed by atoms with Gasteiger partial charge < -0.3 is 14.7 Å². The van der Waals surface area contributed by atoms with Crippen molar-refractivity contribution >= 4 is 23.2 Å². The third kappa shape index (κ3) is 3.83. The SMILES string of the molecule is O=C(O)c1cc(C(=O)N2CCC[C@@H]2COCc2ccccc2)cs1. The molecule has 0 saturated carbocycles. The Balaban J connectivity index is 1.58. The number of hydrogen-bond donors (Lipinski definition) is 1. The van der Waals surface area contributed by atoms with E-state index in [1.165, 1.54) is 6.07 Å². The number of rotatable bonds is 6. The molecular formula is C18H19NO4S. The highest BCUT2D eigenvalue weighted by molar-refractivity contribution is 7.12. The number of aromatic carboxylic acids is 1. The highest BCUT2D eigenvalue weighted by Gasteiger charge is 2.30. The monoisotopic (exact) mass is 345 g/mol. The Hall–Kier alpha value is -2.18. The fraction of sp³-hybridized carbons (Fsp3) is 0.333. The maximum atomic E-state index is 12.6. The lowest BCUT2D eigenvalue weighted by Crippen LogP contribution is -2.38. The van der Waals surface area contributed by atoms with Crippen molar-refractivity contribution in [2.45, 2.75) is 25.5 Å². The minimum absolute atomic E-state index is 0.0504. The van der Waals surface area contributed by atoms with E-state index in [1.54, 1.807) is 10.3 Å². The minimum atomic E-state index is -0.997. The quantitative estimate of drug-likeness (QED) is 0.872. The van der Waals surface area contributed by atoms with Crippen LogP contribution in [0, 0.1) is 0 Å². The Morgan fingerprint density at radius 1 is 1.29 bits per heavy atom. The number of ether oxygens (including phenoxy) is 1. The number of carboxylic acid groups (broad SMARTS) is 1. The van der Waals surface area contributed by atoms with Crippen molar-refractivity contribution in [1.29, 1.82) is 0 Å². The molecule has 1 aromatic carbocycles. The molecule has 1 aromatic heterocycles. The fourth-order valence-electron chi connectivity index (χ4n) is 2.89. The van der Waals surface area contributed by atoms with Gasteiger partial charge in [-0.3, -0.25) is 4.79 Å². The third-order valence-corrected chi connectivity index (χ3v) is 5.04. The molecule has 1 fully saturated rings. The molecule has 1 aliphatic rings. The van der Waals surface area contributed by atoms with Crippen LogP contribution in [0.5, 0.6) is 0 Å². The summed E-state index contributed by atoms with van der Waals surface area (Å²) in [5.41, 5.74) is 1.56. The number of carboxylic acids is 1. The van der Waals surface area contributed by atoms with E-state index in [2.05, 4.69) is 0 Å². The number of carbonyl (C=O) groups is 2. The van der Waals surface area contributed by atoms with Crippen LogP contribution in [0.15, 0.2) is 41.8 Å². The average Bonchev–Trinajstić information content (AvgIpc) is 3.25. The topological polar surface area (TPSA) is 66.8 Å². The smallest absolute Gasteiger partial charge is 0.345 e.